The molecule has 2 heterocycles. The number of likely N-dealkylation sites (tertiary alicyclic amines) is 1. The molecule has 1 aromatic rings. The molecule has 0 unspecified atom stereocenters. The Balaban J connectivity index is 0.00000112. The van der Waals surface area contributed by atoms with Crippen LogP contribution < -0.4 is 9.47 Å². The quantitative estimate of drug-likeness (QED) is 0.781. The lowest BCUT2D eigenvalue weighted by Gasteiger charge is -2.62. The zero-order valence-corrected chi connectivity index (χ0v) is 14.7. The van der Waals surface area contributed by atoms with E-state index in [0.29, 0.717) is 25.0 Å². The van der Waals surface area contributed by atoms with Gasteiger partial charge in [0.1, 0.15) is 0 Å². The summed E-state index contributed by atoms with van der Waals surface area (Å²) in [5.74, 6) is 0.433. The monoisotopic (exact) mass is 372 g/mol. The Hall–Kier alpha value is -1.34. The number of rotatable bonds is 1. The normalized spacial score (nSPS) is 39.6. The fourth-order valence-electron chi connectivity index (χ4n) is 5.60. The van der Waals surface area contributed by atoms with Crippen molar-refractivity contribution in [3.05, 3.63) is 23.3 Å². The van der Waals surface area contributed by atoms with Crippen LogP contribution in [0.3, 0.4) is 0 Å². The van der Waals surface area contributed by atoms with E-state index in [1.807, 2.05) is 13.1 Å². The highest BCUT2D eigenvalue weighted by Crippen LogP contribution is 2.64. The fraction of sp³-hybridized carbons (Fsp3) is 0.611. The molecule has 4 aliphatic rings. The van der Waals surface area contributed by atoms with Crippen molar-refractivity contribution in [1.29, 1.82) is 0 Å². The van der Waals surface area contributed by atoms with Crippen molar-refractivity contribution in [3.8, 4) is 11.5 Å². The predicted molar refractivity (Wildman–Crippen MR) is 93.9 cm³/mol. The second kappa shape index (κ2) is 5.58. The van der Waals surface area contributed by atoms with Gasteiger partial charge in [-0.3, -0.25) is 4.79 Å². The van der Waals surface area contributed by atoms with Crippen molar-refractivity contribution in [2.75, 3.05) is 20.6 Å². The van der Waals surface area contributed by atoms with Crippen LogP contribution in [0.2, 0.25) is 0 Å². The van der Waals surface area contributed by atoms with Crippen LogP contribution in [0, 0.1) is 0 Å². The first-order valence-corrected chi connectivity index (χ1v) is 8.15. The predicted octanol–water partition coefficient (Wildman–Crippen LogP) is 0.645. The lowest BCUT2D eigenvalue weighted by Crippen LogP contribution is -2.76. The average molecular weight is 373 g/mol. The second-order valence-electron chi connectivity index (χ2n) is 7.34. The molecule has 138 valence electrons. The van der Waals surface area contributed by atoms with Crippen molar-refractivity contribution in [1.82, 2.24) is 4.90 Å². The first kappa shape index (κ1) is 14.8. The van der Waals surface area contributed by atoms with Crippen molar-refractivity contribution >= 4 is 18.2 Å². The second-order valence-corrected chi connectivity index (χ2v) is 7.34. The van der Waals surface area contributed by atoms with Crippen molar-refractivity contribution < 1.29 is 29.0 Å². The standard InChI is InChI=1S/C18H21NO4.ClH.H2O/c1-19-8-7-17-14-10-3-4-12(22-2)15(14)23-16(17)11(20)5-6-18(17,21)13(19)9-10;;/h3-4,13,16,21H,5-9H2,1-2H3;1H;1H2/t13-,16+,17+,18-;;/m1../s1/i2D3;;. The molecule has 1 saturated carbocycles. The van der Waals surface area contributed by atoms with Gasteiger partial charge in [0.15, 0.2) is 23.4 Å². The van der Waals surface area contributed by atoms with Crippen LogP contribution in [-0.2, 0) is 16.6 Å². The van der Waals surface area contributed by atoms with Crippen LogP contribution in [0.15, 0.2) is 12.1 Å². The summed E-state index contributed by atoms with van der Waals surface area (Å²) in [4.78, 5) is 14.9. The third kappa shape index (κ3) is 1.83. The van der Waals surface area contributed by atoms with Crippen LogP contribution in [0.4, 0.5) is 0 Å². The number of Topliss-reactive ketones (excluding diaryl/α,β-unsaturated/α-hetero) is 1. The Morgan fingerprint density at radius 1 is 1.44 bits per heavy atom. The van der Waals surface area contributed by atoms with Gasteiger partial charge in [-0.25, -0.2) is 0 Å². The number of benzene rings is 1. The van der Waals surface area contributed by atoms with Gasteiger partial charge >= 0.3 is 0 Å². The Morgan fingerprint density at radius 2 is 2.24 bits per heavy atom. The minimum absolute atomic E-state index is 0. The minimum Gasteiger partial charge on any atom is -0.493 e. The summed E-state index contributed by atoms with van der Waals surface area (Å²) < 4.78 is 33.5. The highest BCUT2D eigenvalue weighted by atomic mass is 35.5. The first-order chi connectivity index (χ1) is 12.2. The molecule has 2 bridgehead atoms. The SMILES string of the molecule is Cl.O.[2H]C([2H])([2H])Oc1ccc2c3c1O[C@H]1C(=O)CC[C@@]4(O)[C@@H](C2)N(C)CC[C@]314. The van der Waals surface area contributed by atoms with Crippen molar-refractivity contribution in [2.45, 2.75) is 48.8 Å². The molecule has 0 radical (unpaired) electrons. The van der Waals surface area contributed by atoms with Gasteiger partial charge in [0, 0.05) is 18.0 Å². The molecule has 6 nitrogen and oxygen atoms in total. The number of carbonyl (C=O) groups excluding carboxylic acids is 1. The van der Waals surface area contributed by atoms with E-state index >= 15 is 0 Å². The Labute approximate surface area is 157 Å². The number of aliphatic hydroxyl groups is 1. The molecule has 3 N–H and O–H groups in total. The first-order valence-electron chi connectivity index (χ1n) is 9.65. The number of hydrogen-bond donors (Lipinski definition) is 1. The number of piperidine rings is 1. The van der Waals surface area contributed by atoms with Crippen molar-refractivity contribution in [3.63, 3.8) is 0 Å². The maximum atomic E-state index is 12.7. The molecule has 2 fully saturated rings. The molecule has 2 aliphatic heterocycles. The average Bonchev–Trinajstić information content (AvgIpc) is 2.90. The molecule has 0 amide bonds. The molecule has 7 heteroatoms. The molecule has 0 aromatic heterocycles. The number of halogens is 1. The molecule has 5 rings (SSSR count). The maximum Gasteiger partial charge on any atom is 0.174 e. The fourth-order valence-corrected chi connectivity index (χ4v) is 5.60. The lowest BCUT2D eigenvalue weighted by atomic mass is 9.49. The lowest BCUT2D eigenvalue weighted by molar-refractivity contribution is -0.185. The van der Waals surface area contributed by atoms with E-state index in [4.69, 9.17) is 13.6 Å². The maximum absolute atomic E-state index is 12.7. The van der Waals surface area contributed by atoms with Crippen molar-refractivity contribution in [2.24, 2.45) is 0 Å². The van der Waals surface area contributed by atoms with Gasteiger partial charge in [0.25, 0.3) is 0 Å². The molecule has 4 atom stereocenters. The van der Waals surface area contributed by atoms with Gasteiger partial charge in [0.05, 0.1) is 22.2 Å². The van der Waals surface area contributed by atoms with Crippen LogP contribution in [0.1, 0.15) is 34.5 Å². The number of methoxy groups -OCH3 is 1. The van der Waals surface area contributed by atoms with Crippen LogP contribution in [0.25, 0.3) is 0 Å². The smallest absolute Gasteiger partial charge is 0.174 e. The summed E-state index contributed by atoms with van der Waals surface area (Å²) in [7, 11) is -0.599. The third-order valence-corrected chi connectivity index (χ3v) is 6.62. The van der Waals surface area contributed by atoms with E-state index in [1.165, 1.54) is 0 Å². The third-order valence-electron chi connectivity index (χ3n) is 6.62. The summed E-state index contributed by atoms with van der Waals surface area (Å²) in [5, 5.41) is 11.8. The summed E-state index contributed by atoms with van der Waals surface area (Å²) in [6, 6.07) is 3.39. The Morgan fingerprint density at radius 3 is 3.00 bits per heavy atom. The Bertz CT molecular complexity index is 834. The van der Waals surface area contributed by atoms with E-state index in [1.54, 1.807) is 6.07 Å². The summed E-state index contributed by atoms with van der Waals surface area (Å²) >= 11 is 0. The molecule has 1 saturated heterocycles. The molecular formula is C18H24ClNO5. The summed E-state index contributed by atoms with van der Waals surface area (Å²) in [5.41, 5.74) is -0.0631. The highest BCUT2D eigenvalue weighted by Gasteiger charge is 2.72. The van der Waals surface area contributed by atoms with Gasteiger partial charge in [-0.2, -0.15) is 0 Å². The van der Waals surface area contributed by atoms with Gasteiger partial charge in [0.2, 0.25) is 0 Å². The number of likely N-dealkylation sites (N-methyl/N-ethyl adjacent to an activating group) is 1. The van der Waals surface area contributed by atoms with E-state index in [2.05, 4.69) is 4.90 Å². The molecule has 1 aromatic carbocycles. The summed E-state index contributed by atoms with van der Waals surface area (Å²) in [6.45, 7) is 0.753. The zero-order chi connectivity index (χ0) is 18.5. The number of ketones is 1. The molecule has 2 aliphatic carbocycles. The van der Waals surface area contributed by atoms with E-state index in [9.17, 15) is 9.90 Å². The molecule has 1 spiro atoms. The van der Waals surface area contributed by atoms with E-state index in [-0.39, 0.29) is 41.9 Å². The molecular weight excluding hydrogens is 346 g/mol. The number of carbonyl (C=O) groups is 1. The number of hydrogen-bond acceptors (Lipinski definition) is 5. The van der Waals surface area contributed by atoms with E-state index < -0.39 is 24.2 Å². The van der Waals surface area contributed by atoms with Crippen LogP contribution in [-0.4, -0.2) is 59.6 Å². The van der Waals surface area contributed by atoms with Gasteiger partial charge in [-0.1, -0.05) is 6.07 Å². The molecule has 25 heavy (non-hydrogen) atoms. The number of ether oxygens (including phenoxy) is 2. The van der Waals surface area contributed by atoms with Crippen LogP contribution in [0.5, 0.6) is 11.5 Å². The zero-order valence-electron chi connectivity index (χ0n) is 16.9. The Kier molecular flexibility index (Phi) is 3.30. The minimum atomic E-state index is -2.61. The summed E-state index contributed by atoms with van der Waals surface area (Å²) in [6.07, 6.45) is 1.16. The largest absolute Gasteiger partial charge is 0.493 e. The topological polar surface area (TPSA) is 90.5 Å². The van der Waals surface area contributed by atoms with E-state index in [0.717, 1.165) is 17.7 Å². The highest BCUT2D eigenvalue weighted by molar-refractivity contribution is 5.90. The van der Waals surface area contributed by atoms with Gasteiger partial charge in [-0.05, 0) is 44.5 Å². The number of nitrogens with zero attached hydrogens (tertiary/aromatic N) is 1. The van der Waals surface area contributed by atoms with Gasteiger partial charge < -0.3 is 25.0 Å². The van der Waals surface area contributed by atoms with Crippen LogP contribution >= 0.6 is 12.4 Å². The van der Waals surface area contributed by atoms with Gasteiger partial charge in [-0.15, -0.1) is 12.4 Å².